The van der Waals surface area contributed by atoms with Crippen LogP contribution in [0.15, 0.2) is 11.4 Å². The maximum atomic E-state index is 6.37. The highest BCUT2D eigenvalue weighted by atomic mass is 35.5. The van der Waals surface area contributed by atoms with Crippen LogP contribution in [-0.4, -0.2) is 12.7 Å². The van der Waals surface area contributed by atoms with Gasteiger partial charge in [-0.3, -0.25) is 0 Å². The summed E-state index contributed by atoms with van der Waals surface area (Å²) >= 11 is 14.0. The average molecular weight is 251 g/mol. The second-order valence-corrected chi connectivity index (χ2v) is 5.50. The molecule has 2 heterocycles. The molecule has 1 aromatic heterocycles. The monoisotopic (exact) mass is 250 g/mol. The maximum Gasteiger partial charge on any atom is 0.0744 e. The van der Waals surface area contributed by atoms with E-state index in [9.17, 15) is 0 Å². The van der Waals surface area contributed by atoms with E-state index in [1.807, 2.05) is 11.4 Å². The van der Waals surface area contributed by atoms with Crippen molar-refractivity contribution in [2.75, 3.05) is 6.61 Å². The Morgan fingerprint density at radius 3 is 2.93 bits per heavy atom. The molecule has 2 rings (SSSR count). The van der Waals surface area contributed by atoms with Crippen molar-refractivity contribution < 1.29 is 4.74 Å². The van der Waals surface area contributed by atoms with Crippen molar-refractivity contribution in [3.05, 3.63) is 21.3 Å². The van der Waals surface area contributed by atoms with Crippen molar-refractivity contribution in [1.82, 2.24) is 0 Å². The lowest BCUT2D eigenvalue weighted by molar-refractivity contribution is 0.120. The van der Waals surface area contributed by atoms with E-state index in [1.54, 1.807) is 11.3 Å². The Labute approximate surface area is 98.0 Å². The van der Waals surface area contributed by atoms with Gasteiger partial charge in [-0.25, -0.2) is 0 Å². The minimum Gasteiger partial charge on any atom is -0.378 e. The van der Waals surface area contributed by atoms with Crippen LogP contribution in [0.25, 0.3) is 0 Å². The Morgan fingerprint density at radius 2 is 2.43 bits per heavy atom. The first kappa shape index (κ1) is 10.7. The van der Waals surface area contributed by atoms with E-state index in [1.165, 1.54) is 0 Å². The van der Waals surface area contributed by atoms with Crippen LogP contribution in [0, 0.1) is 5.92 Å². The predicted molar refractivity (Wildman–Crippen MR) is 61.4 cm³/mol. The molecule has 0 bridgehead atoms. The van der Waals surface area contributed by atoms with Crippen LogP contribution in [0.2, 0.25) is 5.02 Å². The van der Waals surface area contributed by atoms with Crippen LogP contribution in [-0.2, 0) is 4.74 Å². The largest absolute Gasteiger partial charge is 0.378 e. The van der Waals surface area contributed by atoms with Crippen LogP contribution in [0.3, 0.4) is 0 Å². The molecule has 0 spiro atoms. The minimum absolute atomic E-state index is 0.00690. The van der Waals surface area contributed by atoms with Crippen LogP contribution in [0.1, 0.15) is 23.6 Å². The zero-order valence-corrected chi connectivity index (χ0v) is 10.2. The van der Waals surface area contributed by atoms with E-state index in [-0.39, 0.29) is 5.38 Å². The van der Waals surface area contributed by atoms with Gasteiger partial charge in [0.1, 0.15) is 0 Å². The standard InChI is InChI=1S/C10H12Cl2OS/c1-6-4-7(5-13-6)9(12)10-8(11)2-3-14-10/h2-3,6-7,9H,4-5H2,1H3. The molecule has 0 saturated carbocycles. The molecule has 4 heteroatoms. The summed E-state index contributed by atoms with van der Waals surface area (Å²) in [7, 11) is 0. The Hall–Kier alpha value is 0.240. The zero-order chi connectivity index (χ0) is 10.1. The minimum atomic E-state index is 0.00690. The van der Waals surface area contributed by atoms with Crippen molar-refractivity contribution in [3.63, 3.8) is 0 Å². The van der Waals surface area contributed by atoms with E-state index in [2.05, 4.69) is 6.92 Å². The summed E-state index contributed by atoms with van der Waals surface area (Å²) in [5.74, 6) is 0.405. The number of alkyl halides is 1. The molecular weight excluding hydrogens is 239 g/mol. The summed E-state index contributed by atoms with van der Waals surface area (Å²) in [6, 6.07) is 1.90. The zero-order valence-electron chi connectivity index (χ0n) is 7.87. The Morgan fingerprint density at radius 1 is 1.64 bits per heavy atom. The topological polar surface area (TPSA) is 9.23 Å². The smallest absolute Gasteiger partial charge is 0.0744 e. The molecule has 0 aromatic carbocycles. The predicted octanol–water partition coefficient (Wildman–Crippen LogP) is 4.11. The van der Waals surface area contributed by atoms with Gasteiger partial charge >= 0.3 is 0 Å². The van der Waals surface area contributed by atoms with Crippen molar-refractivity contribution in [1.29, 1.82) is 0 Å². The molecule has 1 aliphatic rings. The molecule has 14 heavy (non-hydrogen) atoms. The lowest BCUT2D eigenvalue weighted by Crippen LogP contribution is -2.06. The van der Waals surface area contributed by atoms with Crippen molar-refractivity contribution in [2.45, 2.75) is 24.8 Å². The number of thiophene rings is 1. The summed E-state index contributed by atoms with van der Waals surface area (Å²) in [5.41, 5.74) is 0. The lowest BCUT2D eigenvalue weighted by Gasteiger charge is -2.14. The van der Waals surface area contributed by atoms with Gasteiger partial charge in [-0.2, -0.15) is 0 Å². The normalized spacial score (nSPS) is 29.4. The lowest BCUT2D eigenvalue weighted by atomic mass is 10.0. The van der Waals surface area contributed by atoms with Gasteiger partial charge in [-0.15, -0.1) is 22.9 Å². The number of hydrogen-bond acceptors (Lipinski definition) is 2. The first-order chi connectivity index (χ1) is 6.68. The molecule has 3 atom stereocenters. The average Bonchev–Trinajstić information content (AvgIpc) is 2.73. The van der Waals surface area contributed by atoms with Crippen molar-refractivity contribution in [3.8, 4) is 0 Å². The first-order valence-electron chi connectivity index (χ1n) is 4.67. The van der Waals surface area contributed by atoms with Crippen LogP contribution < -0.4 is 0 Å². The van der Waals surface area contributed by atoms with Gasteiger partial charge in [0.15, 0.2) is 0 Å². The number of halogens is 2. The third kappa shape index (κ3) is 2.08. The fourth-order valence-electron chi connectivity index (χ4n) is 1.77. The fraction of sp³-hybridized carbons (Fsp3) is 0.600. The Bertz CT molecular complexity index is 313. The summed E-state index contributed by atoms with van der Waals surface area (Å²) in [6.07, 6.45) is 1.36. The molecule has 3 unspecified atom stereocenters. The SMILES string of the molecule is CC1CC(C(Cl)c2sccc2Cl)CO1. The summed E-state index contributed by atoms with van der Waals surface area (Å²) in [4.78, 5) is 1.08. The highest BCUT2D eigenvalue weighted by Gasteiger charge is 2.30. The van der Waals surface area contributed by atoms with Crippen LogP contribution in [0.4, 0.5) is 0 Å². The van der Waals surface area contributed by atoms with Gasteiger partial charge in [-0.1, -0.05) is 11.6 Å². The van der Waals surface area contributed by atoms with E-state index >= 15 is 0 Å². The highest BCUT2D eigenvalue weighted by Crippen LogP contribution is 2.41. The van der Waals surface area contributed by atoms with Crippen LogP contribution >= 0.6 is 34.5 Å². The fourth-order valence-corrected chi connectivity index (χ4v) is 3.52. The maximum absolute atomic E-state index is 6.37. The number of ether oxygens (including phenoxy) is 1. The Kier molecular flexibility index (Phi) is 3.38. The van der Waals surface area contributed by atoms with Gasteiger partial charge in [0.2, 0.25) is 0 Å². The summed E-state index contributed by atoms with van der Waals surface area (Å²) < 4.78 is 5.50. The molecule has 1 aromatic rings. The molecule has 1 fully saturated rings. The first-order valence-corrected chi connectivity index (χ1v) is 6.36. The molecule has 1 nitrogen and oxygen atoms in total. The highest BCUT2D eigenvalue weighted by molar-refractivity contribution is 7.11. The van der Waals surface area contributed by atoms with Crippen LogP contribution in [0.5, 0.6) is 0 Å². The second-order valence-electron chi connectivity index (χ2n) is 3.67. The van der Waals surface area contributed by atoms with Crippen molar-refractivity contribution in [2.24, 2.45) is 5.92 Å². The third-order valence-electron chi connectivity index (χ3n) is 2.54. The van der Waals surface area contributed by atoms with E-state index in [0.29, 0.717) is 12.0 Å². The molecule has 0 aliphatic carbocycles. The molecule has 1 saturated heterocycles. The van der Waals surface area contributed by atoms with E-state index in [0.717, 1.165) is 22.9 Å². The van der Waals surface area contributed by atoms with E-state index < -0.39 is 0 Å². The Balaban J connectivity index is 2.09. The number of rotatable bonds is 2. The summed E-state index contributed by atoms with van der Waals surface area (Å²) in [5, 5.41) is 2.77. The molecule has 78 valence electrons. The third-order valence-corrected chi connectivity index (χ3v) is 4.68. The van der Waals surface area contributed by atoms with Gasteiger partial charge in [0, 0.05) is 10.8 Å². The van der Waals surface area contributed by atoms with Crippen molar-refractivity contribution >= 4 is 34.5 Å². The molecular formula is C10H12Cl2OS. The quantitative estimate of drug-likeness (QED) is 0.719. The molecule has 0 radical (unpaired) electrons. The molecule has 1 aliphatic heterocycles. The van der Waals surface area contributed by atoms with Gasteiger partial charge < -0.3 is 4.74 Å². The summed E-state index contributed by atoms with van der Waals surface area (Å²) in [6.45, 7) is 2.84. The van der Waals surface area contributed by atoms with Gasteiger partial charge in [0.05, 0.1) is 23.1 Å². The van der Waals surface area contributed by atoms with E-state index in [4.69, 9.17) is 27.9 Å². The molecule has 0 amide bonds. The van der Waals surface area contributed by atoms with Gasteiger partial charge in [-0.05, 0) is 24.8 Å². The second kappa shape index (κ2) is 4.40. The van der Waals surface area contributed by atoms with Gasteiger partial charge in [0.25, 0.3) is 0 Å². The molecule has 0 N–H and O–H groups in total. The number of hydrogen-bond donors (Lipinski definition) is 0.